The number of hydrogen-bond donors (Lipinski definition) is 1. The molecule has 6 nitrogen and oxygen atoms in total. The number of carbonyl (C=O) groups is 2. The van der Waals surface area contributed by atoms with Gasteiger partial charge in [0.25, 0.3) is 0 Å². The molecule has 6 heteroatoms. The summed E-state index contributed by atoms with van der Waals surface area (Å²) in [6.07, 6.45) is 1.33. The van der Waals surface area contributed by atoms with Crippen molar-refractivity contribution in [3.63, 3.8) is 0 Å². The van der Waals surface area contributed by atoms with Gasteiger partial charge >= 0.3 is 6.03 Å². The summed E-state index contributed by atoms with van der Waals surface area (Å²) >= 11 is 0. The number of nitrogens with one attached hydrogen (secondary N) is 1. The fraction of sp³-hybridized carbons (Fsp3) is 0.391. The summed E-state index contributed by atoms with van der Waals surface area (Å²) in [4.78, 5) is 29.0. The fourth-order valence-electron chi connectivity index (χ4n) is 3.54. The van der Waals surface area contributed by atoms with Crippen LogP contribution in [0.2, 0.25) is 0 Å². The maximum absolute atomic E-state index is 12.8. The quantitative estimate of drug-likeness (QED) is 0.778. The van der Waals surface area contributed by atoms with E-state index in [-0.39, 0.29) is 17.9 Å². The second kappa shape index (κ2) is 9.96. The molecule has 2 aromatic carbocycles. The van der Waals surface area contributed by atoms with Gasteiger partial charge in [0.1, 0.15) is 5.75 Å². The molecule has 1 saturated heterocycles. The van der Waals surface area contributed by atoms with Crippen LogP contribution in [0.15, 0.2) is 54.6 Å². The number of carbonyl (C=O) groups excluding carboxylic acids is 2. The van der Waals surface area contributed by atoms with Crippen LogP contribution in [0, 0.1) is 5.92 Å². The second-order valence-electron chi connectivity index (χ2n) is 7.12. The van der Waals surface area contributed by atoms with Crippen LogP contribution in [0.4, 0.5) is 10.5 Å². The number of anilines is 1. The lowest BCUT2D eigenvalue weighted by molar-refractivity contribution is -0.121. The van der Waals surface area contributed by atoms with Crippen molar-refractivity contribution < 1.29 is 14.3 Å². The molecule has 3 amide bonds. The Hall–Kier alpha value is -3.02. The standard InChI is InChI=1S/C23H29N3O3/c1-3-25(4-2)23(28)26-16-14-18(15-17-26)22(27)24-20-12-8-9-13-21(20)29-19-10-6-5-7-11-19/h5-13,18H,3-4,14-17H2,1-2H3,(H,24,27). The Morgan fingerprint density at radius 3 is 2.28 bits per heavy atom. The first-order chi connectivity index (χ1) is 14.1. The van der Waals surface area contributed by atoms with E-state index < -0.39 is 0 Å². The van der Waals surface area contributed by atoms with Crippen LogP contribution in [0.5, 0.6) is 11.5 Å². The SMILES string of the molecule is CCN(CC)C(=O)N1CCC(C(=O)Nc2ccccc2Oc2ccccc2)CC1. The van der Waals surface area contributed by atoms with Gasteiger partial charge < -0.3 is 19.9 Å². The molecule has 154 valence electrons. The van der Waals surface area contributed by atoms with E-state index in [4.69, 9.17) is 4.74 Å². The van der Waals surface area contributed by atoms with Gasteiger partial charge in [0.2, 0.25) is 5.91 Å². The van der Waals surface area contributed by atoms with Gasteiger partial charge in [-0.2, -0.15) is 0 Å². The summed E-state index contributed by atoms with van der Waals surface area (Å²) in [5.41, 5.74) is 0.656. The van der Waals surface area contributed by atoms with Gasteiger partial charge in [0, 0.05) is 32.1 Å². The van der Waals surface area contributed by atoms with Crippen LogP contribution in [-0.4, -0.2) is 47.9 Å². The van der Waals surface area contributed by atoms with Gasteiger partial charge in [0.15, 0.2) is 5.75 Å². The van der Waals surface area contributed by atoms with Crippen LogP contribution in [0.1, 0.15) is 26.7 Å². The monoisotopic (exact) mass is 395 g/mol. The van der Waals surface area contributed by atoms with E-state index in [9.17, 15) is 9.59 Å². The van der Waals surface area contributed by atoms with Gasteiger partial charge in [-0.1, -0.05) is 30.3 Å². The molecule has 0 aliphatic carbocycles. The largest absolute Gasteiger partial charge is 0.455 e. The van der Waals surface area contributed by atoms with Gasteiger partial charge in [-0.15, -0.1) is 0 Å². The van der Waals surface area contributed by atoms with Crippen molar-refractivity contribution in [3.05, 3.63) is 54.6 Å². The predicted octanol–water partition coefficient (Wildman–Crippen LogP) is 4.59. The third kappa shape index (κ3) is 5.28. The molecule has 1 fully saturated rings. The van der Waals surface area contributed by atoms with Crippen molar-refractivity contribution in [2.24, 2.45) is 5.92 Å². The van der Waals surface area contributed by atoms with Crippen molar-refractivity contribution >= 4 is 17.6 Å². The Morgan fingerprint density at radius 1 is 1.00 bits per heavy atom. The summed E-state index contributed by atoms with van der Waals surface area (Å²) in [5, 5.41) is 3.01. The fourth-order valence-corrected chi connectivity index (χ4v) is 3.54. The minimum Gasteiger partial charge on any atom is -0.455 e. The number of amides is 3. The first kappa shape index (κ1) is 20.7. The van der Waals surface area contributed by atoms with E-state index in [2.05, 4.69) is 5.32 Å². The molecule has 29 heavy (non-hydrogen) atoms. The van der Waals surface area contributed by atoms with Crippen LogP contribution >= 0.6 is 0 Å². The molecular formula is C23H29N3O3. The van der Waals surface area contributed by atoms with E-state index in [0.29, 0.717) is 50.5 Å². The van der Waals surface area contributed by atoms with Gasteiger partial charge in [-0.3, -0.25) is 4.79 Å². The normalized spacial score (nSPS) is 14.3. The van der Waals surface area contributed by atoms with Crippen LogP contribution in [0.3, 0.4) is 0 Å². The maximum atomic E-state index is 12.8. The molecule has 1 heterocycles. The van der Waals surface area contributed by atoms with E-state index in [1.807, 2.05) is 78.2 Å². The highest BCUT2D eigenvalue weighted by Crippen LogP contribution is 2.30. The molecule has 3 rings (SSSR count). The van der Waals surface area contributed by atoms with Crippen LogP contribution < -0.4 is 10.1 Å². The number of urea groups is 1. The zero-order valence-corrected chi connectivity index (χ0v) is 17.1. The highest BCUT2D eigenvalue weighted by Gasteiger charge is 2.29. The summed E-state index contributed by atoms with van der Waals surface area (Å²) in [6.45, 7) is 6.58. The summed E-state index contributed by atoms with van der Waals surface area (Å²) < 4.78 is 5.92. The van der Waals surface area contributed by atoms with Gasteiger partial charge in [-0.05, 0) is 51.0 Å². The third-order valence-corrected chi connectivity index (χ3v) is 5.29. The Kier molecular flexibility index (Phi) is 7.11. The van der Waals surface area contributed by atoms with Crippen molar-refractivity contribution in [1.82, 2.24) is 9.80 Å². The summed E-state index contributed by atoms with van der Waals surface area (Å²) in [7, 11) is 0. The average molecular weight is 396 g/mol. The summed E-state index contributed by atoms with van der Waals surface area (Å²) in [5.74, 6) is 1.20. The molecular weight excluding hydrogens is 366 g/mol. The topological polar surface area (TPSA) is 61.9 Å². The molecule has 0 unspecified atom stereocenters. The predicted molar refractivity (Wildman–Crippen MR) is 114 cm³/mol. The first-order valence-corrected chi connectivity index (χ1v) is 10.3. The number of ether oxygens (including phenoxy) is 1. The summed E-state index contributed by atoms with van der Waals surface area (Å²) in [6, 6.07) is 17.0. The van der Waals surface area contributed by atoms with E-state index in [0.717, 1.165) is 5.75 Å². The zero-order valence-electron chi connectivity index (χ0n) is 17.1. The molecule has 0 radical (unpaired) electrons. The smallest absolute Gasteiger partial charge is 0.319 e. The Balaban J connectivity index is 1.59. The Bertz CT molecular complexity index is 813. The van der Waals surface area contributed by atoms with Crippen molar-refractivity contribution in [2.75, 3.05) is 31.5 Å². The maximum Gasteiger partial charge on any atom is 0.319 e. The number of para-hydroxylation sites is 3. The van der Waals surface area contributed by atoms with Gasteiger partial charge in [-0.25, -0.2) is 4.79 Å². The van der Waals surface area contributed by atoms with Crippen LogP contribution in [0.25, 0.3) is 0 Å². The second-order valence-corrected chi connectivity index (χ2v) is 7.12. The number of hydrogen-bond acceptors (Lipinski definition) is 3. The lowest BCUT2D eigenvalue weighted by Gasteiger charge is -2.34. The van der Waals surface area contributed by atoms with E-state index >= 15 is 0 Å². The molecule has 1 N–H and O–H groups in total. The number of rotatable bonds is 6. The number of piperidine rings is 1. The van der Waals surface area contributed by atoms with Crippen LogP contribution in [-0.2, 0) is 4.79 Å². The van der Waals surface area contributed by atoms with E-state index in [1.165, 1.54) is 0 Å². The molecule has 2 aromatic rings. The molecule has 1 aliphatic rings. The lowest BCUT2D eigenvalue weighted by atomic mass is 9.96. The number of likely N-dealkylation sites (tertiary alicyclic amines) is 1. The molecule has 0 aromatic heterocycles. The Morgan fingerprint density at radius 2 is 1.62 bits per heavy atom. The molecule has 0 bridgehead atoms. The molecule has 0 atom stereocenters. The lowest BCUT2D eigenvalue weighted by Crippen LogP contribution is -2.47. The zero-order chi connectivity index (χ0) is 20.6. The highest BCUT2D eigenvalue weighted by atomic mass is 16.5. The minimum atomic E-state index is -0.111. The number of nitrogens with zero attached hydrogens (tertiary/aromatic N) is 2. The third-order valence-electron chi connectivity index (χ3n) is 5.29. The Labute approximate surface area is 172 Å². The van der Waals surface area contributed by atoms with Crippen molar-refractivity contribution in [2.45, 2.75) is 26.7 Å². The molecule has 0 spiro atoms. The molecule has 1 aliphatic heterocycles. The number of benzene rings is 2. The average Bonchev–Trinajstić information content (AvgIpc) is 2.76. The first-order valence-electron chi connectivity index (χ1n) is 10.3. The molecule has 0 saturated carbocycles. The van der Waals surface area contributed by atoms with E-state index in [1.54, 1.807) is 0 Å². The van der Waals surface area contributed by atoms with Crippen molar-refractivity contribution in [1.29, 1.82) is 0 Å². The highest BCUT2D eigenvalue weighted by molar-refractivity contribution is 5.94. The minimum absolute atomic E-state index is 0.0240. The van der Waals surface area contributed by atoms with Crippen molar-refractivity contribution in [3.8, 4) is 11.5 Å². The van der Waals surface area contributed by atoms with Gasteiger partial charge in [0.05, 0.1) is 5.69 Å².